The Balaban J connectivity index is 0.000000123. The van der Waals surface area contributed by atoms with Gasteiger partial charge in [-0.3, -0.25) is 48.1 Å². The lowest BCUT2D eigenvalue weighted by atomic mass is 9.46. The summed E-state index contributed by atoms with van der Waals surface area (Å²) in [7, 11) is 0. The maximum Gasteiger partial charge on any atom is 0.175 e. The van der Waals surface area contributed by atoms with Gasteiger partial charge in [0, 0.05) is 77.9 Å². The number of carbonyl (C=O) groups excluding carboxylic acids is 9. The van der Waals surface area contributed by atoms with Crippen molar-refractivity contribution in [3.63, 3.8) is 0 Å². The van der Waals surface area contributed by atoms with E-state index >= 15 is 0 Å². The number of aromatic nitrogens is 4. The number of aliphatic hydroxyl groups is 3. The zero-order chi connectivity index (χ0) is 75.2. The number of carbonyl (C=O) groups is 9. The number of Topliss-reactive ketones (excluding diaryl/α,β-unsaturated/α-hetero) is 6. The van der Waals surface area contributed by atoms with Crippen LogP contribution < -0.4 is 0 Å². The molecule has 9 fully saturated rings. The van der Waals surface area contributed by atoms with Crippen molar-refractivity contribution in [2.75, 3.05) is 17.3 Å². The molecule has 107 heavy (non-hydrogen) atoms. The molecule has 16 nitrogen and oxygen atoms in total. The lowest BCUT2D eigenvalue weighted by molar-refractivity contribution is -0.168. The fraction of sp³-hybridized carbons (Fsp3) is 0.552. The van der Waals surface area contributed by atoms with Crippen LogP contribution in [0.1, 0.15) is 176 Å². The Hall–Kier alpha value is -6.52. The number of nitrogens with zero attached hydrogens (tertiary/aromatic N) is 4. The molecule has 12 aliphatic rings. The minimum atomic E-state index is -1.52. The molecule has 3 aromatic heterocycles. The van der Waals surface area contributed by atoms with E-state index in [0.717, 1.165) is 135 Å². The molecular formula is C87H96N4O12S4. The molecule has 0 amide bonds. The SMILES string of the molecule is CC12CCC(=O)C=C1CCC1C2C(=O)CC2(C)C1CC[C@]2(O)C(=O)CSc1ccc2ccccc2n1.CC12CCC(=O)C=C1CCC1C2C(=O)CC2(C)C1CC[C@]2(O)C(=O)CSc1cnc2ccccc2n1.CC12CCC(=O)C=C1CCC1C2C(=O)CC2(C)C1CC[C@]2(O)C(=O)CSc1nc2ccccc2s1. The third-order valence-electron chi connectivity index (χ3n) is 30.1. The number of para-hydroxylation sites is 4. The number of pyridine rings is 1. The van der Waals surface area contributed by atoms with Gasteiger partial charge in [0.2, 0.25) is 0 Å². The van der Waals surface area contributed by atoms with Crippen LogP contribution in [0.2, 0.25) is 0 Å². The van der Waals surface area contributed by atoms with Gasteiger partial charge < -0.3 is 15.3 Å². The van der Waals surface area contributed by atoms with Gasteiger partial charge >= 0.3 is 0 Å². The summed E-state index contributed by atoms with van der Waals surface area (Å²) in [6, 6.07) is 27.3. The first-order valence-electron chi connectivity index (χ1n) is 38.9. The van der Waals surface area contributed by atoms with Gasteiger partial charge in [0.15, 0.2) is 39.0 Å². The minimum absolute atomic E-state index is 0.0980. The highest BCUT2D eigenvalue weighted by atomic mass is 32.2. The molecule has 0 bridgehead atoms. The lowest BCUT2D eigenvalue weighted by Crippen LogP contribution is -2.60. The molecule has 560 valence electrons. The highest BCUT2D eigenvalue weighted by Gasteiger charge is 2.72. The van der Waals surface area contributed by atoms with E-state index in [2.05, 4.69) is 40.7 Å². The quantitative estimate of drug-likeness (QED) is 0.0961. The highest BCUT2D eigenvalue weighted by Crippen LogP contribution is 2.71. The van der Waals surface area contributed by atoms with Crippen molar-refractivity contribution in [3.8, 4) is 0 Å². The Morgan fingerprint density at radius 2 is 0.804 bits per heavy atom. The van der Waals surface area contributed by atoms with E-state index < -0.39 is 33.0 Å². The molecule has 9 saturated carbocycles. The van der Waals surface area contributed by atoms with Crippen molar-refractivity contribution in [2.45, 2.75) is 208 Å². The van der Waals surface area contributed by atoms with E-state index in [4.69, 9.17) is 0 Å². The summed E-state index contributed by atoms with van der Waals surface area (Å²) in [4.78, 5) is 137. The van der Waals surface area contributed by atoms with Crippen molar-refractivity contribution < 1.29 is 58.5 Å². The van der Waals surface area contributed by atoms with Crippen LogP contribution in [0, 0.1) is 85.8 Å². The summed E-state index contributed by atoms with van der Waals surface area (Å²) in [5.41, 5.74) is -0.758. The summed E-state index contributed by atoms with van der Waals surface area (Å²) < 4.78 is 1.91. The van der Waals surface area contributed by atoms with Crippen molar-refractivity contribution in [2.24, 2.45) is 85.8 Å². The smallest absolute Gasteiger partial charge is 0.175 e. The normalized spacial score (nSPS) is 38.0. The molecule has 18 rings (SSSR count). The molecule has 15 unspecified atom stereocenters. The number of hydrogen-bond acceptors (Lipinski definition) is 20. The number of hydrogen-bond donors (Lipinski definition) is 3. The average Bonchev–Trinajstić information content (AvgIpc) is 1.60. The van der Waals surface area contributed by atoms with Crippen molar-refractivity contribution in [1.29, 1.82) is 0 Å². The Bertz CT molecular complexity index is 4640. The molecule has 0 radical (unpaired) electrons. The second kappa shape index (κ2) is 27.4. The van der Waals surface area contributed by atoms with Gasteiger partial charge in [-0.25, -0.2) is 15.0 Å². The summed E-state index contributed by atoms with van der Waals surface area (Å²) >= 11 is 5.61. The third kappa shape index (κ3) is 12.0. The van der Waals surface area contributed by atoms with Crippen LogP contribution in [0.25, 0.3) is 32.2 Å². The van der Waals surface area contributed by atoms with E-state index in [1.165, 1.54) is 35.3 Å². The Morgan fingerprint density at radius 1 is 0.421 bits per heavy atom. The van der Waals surface area contributed by atoms with Gasteiger partial charge in [0.05, 0.1) is 55.2 Å². The molecule has 3 heterocycles. The first-order chi connectivity index (χ1) is 51.0. The largest absolute Gasteiger partial charge is 0.381 e. The first kappa shape index (κ1) is 74.6. The Morgan fingerprint density at radius 3 is 1.25 bits per heavy atom. The second-order valence-electron chi connectivity index (χ2n) is 35.0. The molecule has 6 aromatic rings. The molecule has 20 heteroatoms. The van der Waals surface area contributed by atoms with Gasteiger partial charge in [-0.2, -0.15) is 0 Å². The van der Waals surface area contributed by atoms with Crippen LogP contribution in [0.3, 0.4) is 0 Å². The van der Waals surface area contributed by atoms with Crippen LogP contribution in [-0.2, 0) is 43.2 Å². The lowest BCUT2D eigenvalue weighted by Gasteiger charge is -2.57. The average molecular weight is 1520 g/mol. The number of benzene rings is 3. The molecule has 3 N–H and O–H groups in total. The zero-order valence-corrected chi connectivity index (χ0v) is 65.3. The Labute approximate surface area is 641 Å². The van der Waals surface area contributed by atoms with Crippen LogP contribution >= 0.6 is 46.6 Å². The topological polar surface area (TPSA) is 266 Å². The highest BCUT2D eigenvalue weighted by molar-refractivity contribution is 8.01. The van der Waals surface area contributed by atoms with Gasteiger partial charge in [-0.05, 0) is 203 Å². The fourth-order valence-electron chi connectivity index (χ4n) is 24.4. The summed E-state index contributed by atoms with van der Waals surface area (Å²) in [6.45, 7) is 12.4. The minimum Gasteiger partial charge on any atom is -0.381 e. The van der Waals surface area contributed by atoms with E-state index in [1.54, 1.807) is 35.8 Å². The van der Waals surface area contributed by atoms with Crippen molar-refractivity contribution >= 4 is 131 Å². The predicted molar refractivity (Wildman–Crippen MR) is 414 cm³/mol. The number of fused-ring (bicyclic) bond motifs is 18. The van der Waals surface area contributed by atoms with E-state index in [1.807, 2.05) is 106 Å². The first-order valence-corrected chi connectivity index (χ1v) is 42.6. The fourth-order valence-corrected chi connectivity index (χ4v) is 28.0. The van der Waals surface area contributed by atoms with Crippen LogP contribution in [-0.4, -0.2) is 121 Å². The third-order valence-corrected chi connectivity index (χ3v) is 34.1. The molecule has 12 aliphatic carbocycles. The predicted octanol–water partition coefficient (Wildman–Crippen LogP) is 15.5. The number of rotatable bonds is 12. The molecule has 18 atom stereocenters. The molecular weight excluding hydrogens is 1420 g/mol. The number of thiazole rings is 1. The number of thioether (sulfide) groups is 3. The van der Waals surface area contributed by atoms with E-state index in [0.29, 0.717) is 43.6 Å². The molecule has 3 aromatic carbocycles. The molecule has 0 saturated heterocycles. The number of ketones is 9. The van der Waals surface area contributed by atoms with Crippen LogP contribution in [0.4, 0.5) is 0 Å². The van der Waals surface area contributed by atoms with Crippen molar-refractivity contribution in [3.05, 3.63) is 126 Å². The standard InChI is InChI=1S/C30H33NO4S.C29H32N2O4S.C28H31NO4S2/c1-28-13-11-20(32)15-19(28)8-9-21-22-12-14-30(35,29(22,2)16-24(33)27(21)28)25(34)17-36-26-10-7-18-5-3-4-6-23(18)31-26;1-27-11-9-18(32)13-17(27)7-8-19-20-10-12-29(35,28(20,2)14-23(33)26(19)27)24(34)16-36-25-15-30-21-5-3-4-6-22(21)31-25;1-26-11-9-17(30)13-16(26)7-8-18-19-10-12-28(33,27(19,2)14-21(31)24(18)26)23(32)15-34-25-29-20-5-3-4-6-22(20)35-25/h3-7,10,15,21-22,27,35H,8-9,11-14,16-17H2,1-2H3;3-6,13,15,19-20,26,35H,7-12,14,16H2,1-2H3;3-6,13,18-19,24,33H,7-12,14-15H2,1-2H3/t21?,22?,27?,28?,29?,30-;19?,20?,26?,27?,28?,29-;18?,19?,24?,26?,27?,28-/m000/s1. The van der Waals surface area contributed by atoms with Crippen molar-refractivity contribution in [1.82, 2.24) is 19.9 Å². The zero-order valence-electron chi connectivity index (χ0n) is 62.0. The summed E-state index contributed by atoms with van der Waals surface area (Å²) in [5.74, 6) is 1.34. The summed E-state index contributed by atoms with van der Waals surface area (Å²) in [5, 5.41) is 38.2. The van der Waals surface area contributed by atoms with E-state index in [-0.39, 0.29) is 158 Å². The van der Waals surface area contributed by atoms with Gasteiger partial charge in [0.25, 0.3) is 0 Å². The molecule has 0 spiro atoms. The Kier molecular flexibility index (Phi) is 19.1. The monoisotopic (exact) mass is 1520 g/mol. The molecule has 0 aliphatic heterocycles. The summed E-state index contributed by atoms with van der Waals surface area (Å²) in [6.07, 6.45) is 20.0. The maximum absolute atomic E-state index is 13.8. The van der Waals surface area contributed by atoms with Crippen LogP contribution in [0.5, 0.6) is 0 Å². The van der Waals surface area contributed by atoms with E-state index in [9.17, 15) is 58.5 Å². The maximum atomic E-state index is 13.8. The van der Waals surface area contributed by atoms with Gasteiger partial charge in [0.1, 0.15) is 39.2 Å². The second-order valence-corrected chi connectivity index (χ2v) is 39.3. The van der Waals surface area contributed by atoms with Gasteiger partial charge in [-0.1, -0.05) is 142 Å². The van der Waals surface area contributed by atoms with Crippen LogP contribution in [0.15, 0.2) is 140 Å². The van der Waals surface area contributed by atoms with Gasteiger partial charge in [-0.15, -0.1) is 11.3 Å². The number of allylic oxidation sites excluding steroid dienone is 3.